The lowest BCUT2D eigenvalue weighted by molar-refractivity contribution is 0.110. The first-order chi connectivity index (χ1) is 4.87. The van der Waals surface area contributed by atoms with Crippen molar-refractivity contribution in [1.29, 1.82) is 0 Å². The number of rotatable bonds is 0. The Kier molecular flexibility index (Phi) is 0.783. The maximum atomic E-state index is 5.49. The molecule has 2 heterocycles. The summed E-state index contributed by atoms with van der Waals surface area (Å²) >= 11 is 0. The highest BCUT2D eigenvalue weighted by atomic mass is 16.7. The number of hydrogen-bond donors (Lipinski definition) is 0. The Balaban J connectivity index is 1.91. The third-order valence-corrected chi connectivity index (χ3v) is 3.23. The molecule has 1 saturated carbocycles. The lowest BCUT2D eigenvalue weighted by atomic mass is 9.79. The molecule has 2 heteroatoms. The first kappa shape index (κ1) is 5.56. The van der Waals surface area contributed by atoms with Gasteiger partial charge in [-0.3, -0.25) is 0 Å². The van der Waals surface area contributed by atoms with Crippen molar-refractivity contribution in [2.75, 3.05) is 13.2 Å². The molecule has 0 radical (unpaired) electrons. The zero-order valence-electron chi connectivity index (χ0n) is 6.06. The second kappa shape index (κ2) is 1.41. The van der Waals surface area contributed by atoms with Gasteiger partial charge in [0.25, 0.3) is 0 Å². The minimum absolute atomic E-state index is 0.214. The van der Waals surface area contributed by atoms with E-state index in [0.717, 1.165) is 13.2 Å². The predicted octanol–water partition coefficient (Wildman–Crippen LogP) is 1.10. The summed E-state index contributed by atoms with van der Waals surface area (Å²) in [5.41, 5.74) is 0.427. The maximum absolute atomic E-state index is 5.49. The largest absolute Gasteiger partial charge is 0.366 e. The molecule has 3 fully saturated rings. The fourth-order valence-corrected chi connectivity index (χ4v) is 2.27. The van der Waals surface area contributed by atoms with E-state index in [1.807, 2.05) is 0 Å². The van der Waals surface area contributed by atoms with E-state index >= 15 is 0 Å². The third-order valence-electron chi connectivity index (χ3n) is 3.23. The van der Waals surface area contributed by atoms with Gasteiger partial charge in [-0.05, 0) is 12.8 Å². The van der Waals surface area contributed by atoms with Crippen molar-refractivity contribution >= 4 is 0 Å². The minimum Gasteiger partial charge on any atom is -0.366 e. The molecule has 0 amide bonds. The zero-order chi connectivity index (χ0) is 6.66. The van der Waals surface area contributed by atoms with E-state index in [-0.39, 0.29) is 11.2 Å². The van der Waals surface area contributed by atoms with Crippen LogP contribution < -0.4 is 0 Å². The smallest absolute Gasteiger partial charge is 0.123 e. The molecule has 2 saturated heterocycles. The Hall–Kier alpha value is -0.0800. The van der Waals surface area contributed by atoms with Gasteiger partial charge in [0.15, 0.2) is 0 Å². The number of ether oxygens (including phenoxy) is 2. The molecule has 3 aliphatic rings. The summed E-state index contributed by atoms with van der Waals surface area (Å²) in [5, 5.41) is 0. The summed E-state index contributed by atoms with van der Waals surface area (Å²) in [4.78, 5) is 0. The summed E-state index contributed by atoms with van der Waals surface area (Å²) in [6, 6.07) is 0. The van der Waals surface area contributed by atoms with Crippen LogP contribution in [0.25, 0.3) is 0 Å². The van der Waals surface area contributed by atoms with Crippen LogP contribution in [0.3, 0.4) is 0 Å². The number of epoxide rings is 2. The average Bonchev–Trinajstić information content (AvgIpc) is 2.72. The molecule has 2 atom stereocenters. The molecule has 3 rings (SSSR count). The zero-order valence-corrected chi connectivity index (χ0v) is 6.06. The molecule has 56 valence electrons. The number of hydrogen-bond acceptors (Lipinski definition) is 2. The van der Waals surface area contributed by atoms with Gasteiger partial charge in [0.05, 0.1) is 13.2 Å². The highest BCUT2D eigenvalue weighted by Crippen LogP contribution is 2.57. The monoisotopic (exact) mass is 140 g/mol. The lowest BCUT2D eigenvalue weighted by Gasteiger charge is -2.25. The SMILES string of the molecule is C1CCC2(CO2)C2(C1)CO2. The van der Waals surface area contributed by atoms with Gasteiger partial charge < -0.3 is 9.47 Å². The van der Waals surface area contributed by atoms with Crippen LogP contribution in [0.5, 0.6) is 0 Å². The van der Waals surface area contributed by atoms with Crippen LogP contribution in [0, 0.1) is 0 Å². The second-order valence-corrected chi connectivity index (χ2v) is 3.77. The average molecular weight is 140 g/mol. The van der Waals surface area contributed by atoms with Crippen LogP contribution in [0.4, 0.5) is 0 Å². The third kappa shape index (κ3) is 0.487. The first-order valence-corrected chi connectivity index (χ1v) is 4.15. The van der Waals surface area contributed by atoms with E-state index in [2.05, 4.69) is 0 Å². The van der Waals surface area contributed by atoms with Crippen molar-refractivity contribution in [3.05, 3.63) is 0 Å². The summed E-state index contributed by atoms with van der Waals surface area (Å²) in [6.45, 7) is 1.93. The molecule has 0 aromatic heterocycles. The van der Waals surface area contributed by atoms with Crippen molar-refractivity contribution in [2.45, 2.75) is 36.9 Å². The van der Waals surface area contributed by atoms with Crippen LogP contribution in [-0.4, -0.2) is 24.4 Å². The summed E-state index contributed by atoms with van der Waals surface area (Å²) in [7, 11) is 0. The Bertz CT molecular complexity index is 148. The van der Waals surface area contributed by atoms with Crippen LogP contribution >= 0.6 is 0 Å². The molecular weight excluding hydrogens is 128 g/mol. The molecule has 0 N–H and O–H groups in total. The topological polar surface area (TPSA) is 25.1 Å². The van der Waals surface area contributed by atoms with E-state index < -0.39 is 0 Å². The van der Waals surface area contributed by atoms with Gasteiger partial charge in [0.2, 0.25) is 0 Å². The van der Waals surface area contributed by atoms with Crippen molar-refractivity contribution in [2.24, 2.45) is 0 Å². The highest BCUT2D eigenvalue weighted by Gasteiger charge is 2.69. The predicted molar refractivity (Wildman–Crippen MR) is 35.8 cm³/mol. The van der Waals surface area contributed by atoms with E-state index in [1.54, 1.807) is 0 Å². The van der Waals surface area contributed by atoms with Gasteiger partial charge in [-0.2, -0.15) is 0 Å². The minimum atomic E-state index is 0.214. The highest BCUT2D eigenvalue weighted by molar-refractivity contribution is 5.18. The van der Waals surface area contributed by atoms with Crippen molar-refractivity contribution in [3.63, 3.8) is 0 Å². The van der Waals surface area contributed by atoms with Crippen LogP contribution in [0.15, 0.2) is 0 Å². The van der Waals surface area contributed by atoms with Gasteiger partial charge in [0, 0.05) is 0 Å². The van der Waals surface area contributed by atoms with Gasteiger partial charge in [-0.15, -0.1) is 0 Å². The Morgan fingerprint density at radius 3 is 1.50 bits per heavy atom. The van der Waals surface area contributed by atoms with E-state index in [9.17, 15) is 0 Å². The molecule has 0 aromatic rings. The molecule has 0 aromatic carbocycles. The normalized spacial score (nSPS) is 57.6. The Morgan fingerprint density at radius 2 is 1.20 bits per heavy atom. The van der Waals surface area contributed by atoms with Crippen LogP contribution in [0.2, 0.25) is 0 Å². The molecular formula is C8H12O2. The summed E-state index contributed by atoms with van der Waals surface area (Å²) < 4.78 is 11.0. The van der Waals surface area contributed by atoms with Crippen molar-refractivity contribution in [1.82, 2.24) is 0 Å². The van der Waals surface area contributed by atoms with E-state index in [0.29, 0.717) is 0 Å². The fraction of sp³-hybridized carbons (Fsp3) is 1.00. The van der Waals surface area contributed by atoms with Gasteiger partial charge >= 0.3 is 0 Å². The molecule has 10 heavy (non-hydrogen) atoms. The molecule has 2 unspecified atom stereocenters. The maximum Gasteiger partial charge on any atom is 0.123 e. The molecule has 0 bridgehead atoms. The summed E-state index contributed by atoms with van der Waals surface area (Å²) in [5.74, 6) is 0. The van der Waals surface area contributed by atoms with Crippen LogP contribution in [-0.2, 0) is 9.47 Å². The number of fused-ring (bicyclic) bond motifs is 1. The van der Waals surface area contributed by atoms with E-state index in [4.69, 9.17) is 9.47 Å². The second-order valence-electron chi connectivity index (χ2n) is 3.77. The lowest BCUT2D eigenvalue weighted by Crippen LogP contribution is -2.36. The molecule has 2 nitrogen and oxygen atoms in total. The molecule has 2 spiro atoms. The quantitative estimate of drug-likeness (QED) is 0.471. The van der Waals surface area contributed by atoms with Crippen molar-refractivity contribution < 1.29 is 9.47 Å². The van der Waals surface area contributed by atoms with Gasteiger partial charge in [0.1, 0.15) is 11.2 Å². The molecule has 2 aliphatic heterocycles. The van der Waals surface area contributed by atoms with Gasteiger partial charge in [-0.1, -0.05) is 12.8 Å². The Labute approximate surface area is 60.5 Å². The Morgan fingerprint density at radius 1 is 0.800 bits per heavy atom. The fourth-order valence-electron chi connectivity index (χ4n) is 2.27. The standard InChI is InChI=1S/C8H12O2/c1-2-4-8(6-10-8)7(3-1)5-9-7/h1-6H2. The first-order valence-electron chi connectivity index (χ1n) is 4.15. The van der Waals surface area contributed by atoms with Crippen molar-refractivity contribution in [3.8, 4) is 0 Å². The summed E-state index contributed by atoms with van der Waals surface area (Å²) in [6.07, 6.45) is 5.16. The van der Waals surface area contributed by atoms with Crippen LogP contribution in [0.1, 0.15) is 25.7 Å². The molecule has 1 aliphatic carbocycles. The van der Waals surface area contributed by atoms with E-state index in [1.165, 1.54) is 25.7 Å². The van der Waals surface area contributed by atoms with Gasteiger partial charge in [-0.25, -0.2) is 0 Å².